The lowest BCUT2D eigenvalue weighted by Gasteiger charge is -2.21. The summed E-state index contributed by atoms with van der Waals surface area (Å²) in [6, 6.07) is 5.48. The molecule has 0 saturated heterocycles. The molecule has 3 N–H and O–H groups in total. The predicted molar refractivity (Wildman–Crippen MR) is 76.2 cm³/mol. The van der Waals surface area contributed by atoms with Crippen LogP contribution < -0.4 is 20.5 Å². The third-order valence-corrected chi connectivity index (χ3v) is 2.67. The SMILES string of the molecule is CC(N)CCC(=O)Nc1cccc2c1OCCO2.Cl. The number of hydrogen-bond donors (Lipinski definition) is 2. The Labute approximate surface area is 118 Å². The van der Waals surface area contributed by atoms with Crippen molar-refractivity contribution in [2.45, 2.75) is 25.8 Å². The zero-order chi connectivity index (χ0) is 13.0. The highest BCUT2D eigenvalue weighted by molar-refractivity contribution is 5.92. The number of anilines is 1. The van der Waals surface area contributed by atoms with Gasteiger partial charge in [-0.2, -0.15) is 0 Å². The van der Waals surface area contributed by atoms with Gasteiger partial charge in [0.2, 0.25) is 5.91 Å². The van der Waals surface area contributed by atoms with E-state index in [-0.39, 0.29) is 24.4 Å². The van der Waals surface area contributed by atoms with Crippen molar-refractivity contribution in [3.8, 4) is 11.5 Å². The second-order valence-corrected chi connectivity index (χ2v) is 4.39. The number of benzene rings is 1. The monoisotopic (exact) mass is 286 g/mol. The van der Waals surface area contributed by atoms with Gasteiger partial charge in [-0.15, -0.1) is 12.4 Å². The van der Waals surface area contributed by atoms with Crippen LogP contribution in [0, 0.1) is 0 Å². The van der Waals surface area contributed by atoms with E-state index in [1.165, 1.54) is 0 Å². The van der Waals surface area contributed by atoms with Gasteiger partial charge in [-0.3, -0.25) is 4.79 Å². The first kappa shape index (κ1) is 15.6. The van der Waals surface area contributed by atoms with Crippen LogP contribution >= 0.6 is 12.4 Å². The molecule has 6 heteroatoms. The summed E-state index contributed by atoms with van der Waals surface area (Å²) < 4.78 is 11.0. The molecule has 0 aromatic heterocycles. The molecule has 0 bridgehead atoms. The zero-order valence-corrected chi connectivity index (χ0v) is 11.7. The van der Waals surface area contributed by atoms with Gasteiger partial charge in [-0.05, 0) is 25.5 Å². The van der Waals surface area contributed by atoms with Crippen molar-refractivity contribution >= 4 is 24.0 Å². The summed E-state index contributed by atoms with van der Waals surface area (Å²) in [4.78, 5) is 11.7. The molecule has 0 radical (unpaired) electrons. The lowest BCUT2D eigenvalue weighted by Crippen LogP contribution is -2.21. The Hall–Kier alpha value is -1.46. The molecule has 2 rings (SSSR count). The number of rotatable bonds is 4. The van der Waals surface area contributed by atoms with Crippen LogP contribution in [0.25, 0.3) is 0 Å². The van der Waals surface area contributed by atoms with Crippen molar-refractivity contribution in [3.05, 3.63) is 18.2 Å². The van der Waals surface area contributed by atoms with Gasteiger partial charge in [0.15, 0.2) is 11.5 Å². The summed E-state index contributed by atoms with van der Waals surface area (Å²) in [5.41, 5.74) is 6.27. The van der Waals surface area contributed by atoms with Crippen LogP contribution in [0.4, 0.5) is 5.69 Å². The number of nitrogens with two attached hydrogens (primary N) is 1. The fraction of sp³-hybridized carbons (Fsp3) is 0.462. The molecule has 0 fully saturated rings. The second-order valence-electron chi connectivity index (χ2n) is 4.39. The van der Waals surface area contributed by atoms with E-state index in [1.54, 1.807) is 6.07 Å². The molecule has 106 valence electrons. The molecule has 5 nitrogen and oxygen atoms in total. The molecule has 1 aliphatic rings. The van der Waals surface area contributed by atoms with Gasteiger partial charge >= 0.3 is 0 Å². The first-order valence-corrected chi connectivity index (χ1v) is 6.11. The Morgan fingerprint density at radius 2 is 2.16 bits per heavy atom. The lowest BCUT2D eigenvalue weighted by atomic mass is 10.2. The van der Waals surface area contributed by atoms with E-state index in [0.717, 1.165) is 0 Å². The van der Waals surface area contributed by atoms with Crippen molar-refractivity contribution in [2.75, 3.05) is 18.5 Å². The number of fused-ring (bicyclic) bond motifs is 1. The van der Waals surface area contributed by atoms with Gasteiger partial charge in [0, 0.05) is 12.5 Å². The smallest absolute Gasteiger partial charge is 0.224 e. The Balaban J connectivity index is 0.00000180. The van der Waals surface area contributed by atoms with E-state index in [0.29, 0.717) is 43.2 Å². The van der Waals surface area contributed by atoms with Crippen LogP contribution in [0.3, 0.4) is 0 Å². The Morgan fingerprint density at radius 3 is 2.89 bits per heavy atom. The van der Waals surface area contributed by atoms with E-state index < -0.39 is 0 Å². The fourth-order valence-corrected chi connectivity index (χ4v) is 1.74. The van der Waals surface area contributed by atoms with Crippen LogP contribution in [0.1, 0.15) is 19.8 Å². The van der Waals surface area contributed by atoms with Crippen molar-refractivity contribution in [1.82, 2.24) is 0 Å². The Morgan fingerprint density at radius 1 is 1.42 bits per heavy atom. The summed E-state index contributed by atoms with van der Waals surface area (Å²) in [6.45, 7) is 2.92. The molecular formula is C13H19ClN2O3. The molecular weight excluding hydrogens is 268 g/mol. The summed E-state index contributed by atoms with van der Waals surface area (Å²) in [7, 11) is 0. The van der Waals surface area contributed by atoms with Gasteiger partial charge < -0.3 is 20.5 Å². The minimum atomic E-state index is -0.0603. The third-order valence-electron chi connectivity index (χ3n) is 2.67. The number of amides is 1. The normalized spacial score (nSPS) is 14.2. The lowest BCUT2D eigenvalue weighted by molar-refractivity contribution is -0.116. The molecule has 1 aromatic carbocycles. The number of carbonyl (C=O) groups excluding carboxylic acids is 1. The molecule has 1 aliphatic heterocycles. The molecule has 0 spiro atoms. The number of halogens is 1. The fourth-order valence-electron chi connectivity index (χ4n) is 1.74. The first-order valence-electron chi connectivity index (χ1n) is 6.11. The average Bonchev–Trinajstić information content (AvgIpc) is 2.37. The van der Waals surface area contributed by atoms with Crippen molar-refractivity contribution in [3.63, 3.8) is 0 Å². The molecule has 1 unspecified atom stereocenters. The highest BCUT2D eigenvalue weighted by atomic mass is 35.5. The van der Waals surface area contributed by atoms with Crippen LogP contribution in [0.15, 0.2) is 18.2 Å². The molecule has 19 heavy (non-hydrogen) atoms. The summed E-state index contributed by atoms with van der Waals surface area (Å²) in [6.07, 6.45) is 1.07. The summed E-state index contributed by atoms with van der Waals surface area (Å²) in [5.74, 6) is 1.22. The molecule has 1 amide bonds. The van der Waals surface area contributed by atoms with E-state index in [4.69, 9.17) is 15.2 Å². The predicted octanol–water partition coefficient (Wildman–Crippen LogP) is 1.95. The maximum absolute atomic E-state index is 11.7. The molecule has 1 heterocycles. The van der Waals surface area contributed by atoms with E-state index in [2.05, 4.69) is 5.32 Å². The number of hydrogen-bond acceptors (Lipinski definition) is 4. The number of para-hydroxylation sites is 1. The molecule has 0 saturated carbocycles. The maximum Gasteiger partial charge on any atom is 0.224 e. The van der Waals surface area contributed by atoms with Crippen LogP contribution in [-0.2, 0) is 4.79 Å². The first-order chi connectivity index (χ1) is 8.66. The van der Waals surface area contributed by atoms with Crippen LogP contribution in [0.5, 0.6) is 11.5 Å². The third kappa shape index (κ3) is 4.29. The van der Waals surface area contributed by atoms with Gasteiger partial charge in [-0.1, -0.05) is 6.07 Å². The van der Waals surface area contributed by atoms with Crippen LogP contribution in [-0.4, -0.2) is 25.2 Å². The van der Waals surface area contributed by atoms with E-state index in [1.807, 2.05) is 19.1 Å². The zero-order valence-electron chi connectivity index (χ0n) is 10.8. The number of nitrogens with one attached hydrogen (secondary N) is 1. The van der Waals surface area contributed by atoms with Gasteiger partial charge in [-0.25, -0.2) is 0 Å². The molecule has 0 aliphatic carbocycles. The topological polar surface area (TPSA) is 73.6 Å². The summed E-state index contributed by atoms with van der Waals surface area (Å²) >= 11 is 0. The van der Waals surface area contributed by atoms with E-state index >= 15 is 0 Å². The largest absolute Gasteiger partial charge is 0.486 e. The van der Waals surface area contributed by atoms with Crippen molar-refractivity contribution in [2.24, 2.45) is 5.73 Å². The minimum Gasteiger partial charge on any atom is -0.486 e. The van der Waals surface area contributed by atoms with Crippen molar-refractivity contribution in [1.29, 1.82) is 0 Å². The van der Waals surface area contributed by atoms with Gasteiger partial charge in [0.05, 0.1) is 5.69 Å². The number of carbonyl (C=O) groups is 1. The summed E-state index contributed by atoms with van der Waals surface area (Å²) in [5, 5.41) is 2.83. The van der Waals surface area contributed by atoms with Crippen LogP contribution in [0.2, 0.25) is 0 Å². The highest BCUT2D eigenvalue weighted by Crippen LogP contribution is 2.37. The molecule has 1 aromatic rings. The van der Waals surface area contributed by atoms with Crippen molar-refractivity contribution < 1.29 is 14.3 Å². The Kier molecular flexibility index (Phi) is 5.92. The average molecular weight is 287 g/mol. The number of ether oxygens (including phenoxy) is 2. The van der Waals surface area contributed by atoms with Gasteiger partial charge in [0.1, 0.15) is 13.2 Å². The second kappa shape index (κ2) is 7.21. The quantitative estimate of drug-likeness (QED) is 0.887. The van der Waals surface area contributed by atoms with Gasteiger partial charge in [0.25, 0.3) is 0 Å². The standard InChI is InChI=1S/C13H18N2O3.ClH/c1-9(14)5-6-12(16)15-10-3-2-4-11-13(10)18-8-7-17-11;/h2-4,9H,5-8,14H2,1H3,(H,15,16);1H. The maximum atomic E-state index is 11.7. The molecule has 1 atom stereocenters. The minimum absolute atomic E-state index is 0. The Bertz CT molecular complexity index is 438. The highest BCUT2D eigenvalue weighted by Gasteiger charge is 2.16. The van der Waals surface area contributed by atoms with E-state index in [9.17, 15) is 4.79 Å².